The lowest BCUT2D eigenvalue weighted by atomic mass is 9.87. The molecule has 0 aromatic heterocycles. The van der Waals surface area contributed by atoms with Crippen molar-refractivity contribution in [3.05, 3.63) is 35.4 Å². The molecule has 11 heteroatoms. The predicted molar refractivity (Wildman–Crippen MR) is 58.1 cm³/mol. The molecule has 0 aliphatic carbocycles. The Balaban J connectivity index is 3.60. The maximum Gasteiger partial charge on any atom is 0.430 e. The largest absolute Gasteiger partial charge is 0.430 e. The van der Waals surface area contributed by atoms with Gasteiger partial charge >= 0.3 is 18.5 Å². The highest BCUT2D eigenvalue weighted by atomic mass is 19.4. The third kappa shape index (κ3) is 3.11. The van der Waals surface area contributed by atoms with Gasteiger partial charge in [-0.25, -0.2) is 0 Å². The van der Waals surface area contributed by atoms with Crippen LogP contribution < -0.4 is 0 Å². The molecule has 0 saturated heterocycles. The minimum atomic E-state index is -6.24. The van der Waals surface area contributed by atoms with Gasteiger partial charge in [0.25, 0.3) is 5.60 Å². The molecule has 1 aromatic carbocycles. The monoisotopic (exact) mass is 356 g/mol. The van der Waals surface area contributed by atoms with Crippen LogP contribution in [0.5, 0.6) is 0 Å². The van der Waals surface area contributed by atoms with E-state index in [4.69, 9.17) is 5.11 Å². The van der Waals surface area contributed by atoms with E-state index in [0.29, 0.717) is 12.1 Å². The number of hydrogen-bond acceptors (Lipinski definition) is 2. The molecule has 0 fully saturated rings. The molecular formula is C12H9F9O2. The van der Waals surface area contributed by atoms with Crippen LogP contribution in [0.2, 0.25) is 0 Å². The van der Waals surface area contributed by atoms with Crippen molar-refractivity contribution in [2.45, 2.75) is 36.7 Å². The van der Waals surface area contributed by atoms with Crippen molar-refractivity contribution in [3.63, 3.8) is 0 Å². The maximum atomic E-state index is 12.7. The smallest absolute Gasteiger partial charge is 0.376 e. The fourth-order valence-corrected chi connectivity index (χ4v) is 1.70. The van der Waals surface area contributed by atoms with Crippen LogP contribution in [0, 0.1) is 0 Å². The molecule has 23 heavy (non-hydrogen) atoms. The van der Waals surface area contributed by atoms with Gasteiger partial charge in [0.2, 0.25) is 0 Å². The third-order valence-electron chi connectivity index (χ3n) is 3.21. The van der Waals surface area contributed by atoms with Crippen molar-refractivity contribution in [2.24, 2.45) is 0 Å². The van der Waals surface area contributed by atoms with E-state index in [9.17, 15) is 44.6 Å². The number of aliphatic hydroxyl groups is 2. The first-order chi connectivity index (χ1) is 9.96. The van der Waals surface area contributed by atoms with E-state index >= 15 is 0 Å². The van der Waals surface area contributed by atoms with Crippen LogP contribution >= 0.6 is 0 Å². The molecule has 0 saturated carbocycles. The normalized spacial score (nSPS) is 17.0. The van der Waals surface area contributed by atoms with Crippen molar-refractivity contribution in [3.8, 4) is 0 Å². The van der Waals surface area contributed by atoms with Gasteiger partial charge in [0.15, 0.2) is 5.60 Å². The first-order valence-corrected chi connectivity index (χ1v) is 5.72. The lowest BCUT2D eigenvalue weighted by Gasteiger charge is -2.34. The second kappa shape index (κ2) is 5.26. The van der Waals surface area contributed by atoms with Crippen LogP contribution in [-0.2, 0) is 11.2 Å². The van der Waals surface area contributed by atoms with E-state index in [1.54, 1.807) is 0 Å². The van der Waals surface area contributed by atoms with Gasteiger partial charge in [0.1, 0.15) is 0 Å². The van der Waals surface area contributed by atoms with Gasteiger partial charge in [-0.15, -0.1) is 0 Å². The molecule has 0 amide bonds. The third-order valence-corrected chi connectivity index (χ3v) is 3.21. The fourth-order valence-electron chi connectivity index (χ4n) is 1.70. The van der Waals surface area contributed by atoms with Crippen molar-refractivity contribution < 1.29 is 49.7 Å². The zero-order valence-corrected chi connectivity index (χ0v) is 11.1. The molecule has 0 spiro atoms. The second-order valence-corrected chi connectivity index (χ2v) is 4.86. The molecule has 1 unspecified atom stereocenters. The molecular weight excluding hydrogens is 347 g/mol. The van der Waals surface area contributed by atoms with Crippen LogP contribution in [0.4, 0.5) is 39.5 Å². The van der Waals surface area contributed by atoms with E-state index in [-0.39, 0.29) is 19.1 Å². The maximum absolute atomic E-state index is 12.7. The van der Waals surface area contributed by atoms with Gasteiger partial charge in [-0.2, -0.15) is 39.5 Å². The zero-order chi connectivity index (χ0) is 18.5. The van der Waals surface area contributed by atoms with Crippen molar-refractivity contribution in [1.29, 1.82) is 0 Å². The summed E-state index contributed by atoms with van der Waals surface area (Å²) >= 11 is 0. The van der Waals surface area contributed by atoms with Crippen LogP contribution in [0.25, 0.3) is 0 Å². The molecule has 132 valence electrons. The molecule has 0 radical (unpaired) electrons. The topological polar surface area (TPSA) is 40.5 Å². The second-order valence-electron chi connectivity index (χ2n) is 4.86. The average molecular weight is 356 g/mol. The van der Waals surface area contributed by atoms with Gasteiger partial charge in [-0.1, -0.05) is 18.2 Å². The molecule has 0 aliphatic heterocycles. The van der Waals surface area contributed by atoms with E-state index in [2.05, 4.69) is 0 Å². The predicted octanol–water partition coefficient (Wildman–Crippen LogP) is 3.77. The van der Waals surface area contributed by atoms with Crippen LogP contribution in [0.1, 0.15) is 18.1 Å². The summed E-state index contributed by atoms with van der Waals surface area (Å²) in [5.41, 5.74) is -12.3. The number of rotatable bonds is 2. The SMILES string of the molecule is CC(O)(c1cccc(C(O)(C(F)(F)F)C(F)(F)F)c1)C(F)(F)F. The van der Waals surface area contributed by atoms with E-state index < -0.39 is 40.9 Å². The Hall–Kier alpha value is -1.49. The van der Waals surface area contributed by atoms with Gasteiger partial charge in [0.05, 0.1) is 0 Å². The summed E-state index contributed by atoms with van der Waals surface area (Å²) in [6.07, 6.45) is -17.8. The molecule has 0 aliphatic rings. The molecule has 2 nitrogen and oxygen atoms in total. The molecule has 0 heterocycles. The highest BCUT2D eigenvalue weighted by Crippen LogP contribution is 2.50. The quantitative estimate of drug-likeness (QED) is 0.792. The molecule has 1 atom stereocenters. The van der Waals surface area contributed by atoms with Crippen LogP contribution in [-0.4, -0.2) is 28.7 Å². The van der Waals surface area contributed by atoms with Gasteiger partial charge in [-0.3, -0.25) is 0 Å². The van der Waals surface area contributed by atoms with Gasteiger partial charge in [0, 0.05) is 5.56 Å². The average Bonchev–Trinajstić information content (AvgIpc) is 2.33. The number of benzene rings is 1. The Kier molecular flexibility index (Phi) is 4.48. The Bertz CT molecular complexity index is 555. The summed E-state index contributed by atoms with van der Waals surface area (Å²) in [6, 6.07) is 0.906. The van der Waals surface area contributed by atoms with Crippen molar-refractivity contribution in [2.75, 3.05) is 0 Å². The molecule has 1 aromatic rings. The van der Waals surface area contributed by atoms with Crippen molar-refractivity contribution in [1.82, 2.24) is 0 Å². The van der Waals surface area contributed by atoms with Gasteiger partial charge < -0.3 is 10.2 Å². The van der Waals surface area contributed by atoms with Crippen LogP contribution in [0.15, 0.2) is 24.3 Å². The van der Waals surface area contributed by atoms with E-state index in [1.807, 2.05) is 0 Å². The first-order valence-electron chi connectivity index (χ1n) is 5.72. The Morgan fingerprint density at radius 3 is 1.43 bits per heavy atom. The van der Waals surface area contributed by atoms with Crippen LogP contribution in [0.3, 0.4) is 0 Å². The van der Waals surface area contributed by atoms with E-state index in [0.717, 1.165) is 0 Å². The molecule has 1 rings (SSSR count). The Morgan fingerprint density at radius 2 is 1.09 bits per heavy atom. The lowest BCUT2D eigenvalue weighted by Crippen LogP contribution is -2.54. The standard InChI is InChI=1S/C12H9F9O2/c1-8(22,10(13,14)15)6-3-2-4-7(5-6)9(23,11(16,17)18)12(19,20)21/h2-5,22-23H,1H3. The summed E-state index contributed by atoms with van der Waals surface area (Å²) in [5, 5.41) is 18.5. The Morgan fingerprint density at radius 1 is 0.696 bits per heavy atom. The summed E-state index contributed by atoms with van der Waals surface area (Å²) in [7, 11) is 0. The summed E-state index contributed by atoms with van der Waals surface area (Å²) in [6.45, 7) is 0.159. The highest BCUT2D eigenvalue weighted by molar-refractivity contribution is 5.34. The number of hydrogen-bond donors (Lipinski definition) is 2. The van der Waals surface area contributed by atoms with Gasteiger partial charge in [-0.05, 0) is 18.6 Å². The minimum Gasteiger partial charge on any atom is -0.376 e. The lowest BCUT2D eigenvalue weighted by molar-refractivity contribution is -0.376. The minimum absolute atomic E-state index is 0.159. The molecule has 2 N–H and O–H groups in total. The number of halogens is 9. The zero-order valence-electron chi connectivity index (χ0n) is 11.1. The van der Waals surface area contributed by atoms with Crippen molar-refractivity contribution >= 4 is 0 Å². The Labute approximate surface area is 123 Å². The summed E-state index contributed by atoms with van der Waals surface area (Å²) in [4.78, 5) is 0. The molecule has 0 bridgehead atoms. The van der Waals surface area contributed by atoms with E-state index in [1.165, 1.54) is 0 Å². The fraction of sp³-hybridized carbons (Fsp3) is 0.500. The summed E-state index contributed by atoms with van der Waals surface area (Å²) in [5.74, 6) is 0. The first kappa shape index (κ1) is 19.6. The summed E-state index contributed by atoms with van der Waals surface area (Å²) < 4.78 is 114. The number of alkyl halides is 9. The highest BCUT2D eigenvalue weighted by Gasteiger charge is 2.71.